The Balaban J connectivity index is 1.95. The van der Waals surface area contributed by atoms with Crippen LogP contribution < -0.4 is 5.73 Å². The highest BCUT2D eigenvalue weighted by Gasteiger charge is 2.12. The summed E-state index contributed by atoms with van der Waals surface area (Å²) in [4.78, 5) is 4.32. The molecule has 2 heterocycles. The van der Waals surface area contributed by atoms with E-state index in [4.69, 9.17) is 14.6 Å². The number of rotatable bonds is 4. The van der Waals surface area contributed by atoms with Crippen LogP contribution in [0.15, 0.2) is 21.0 Å². The van der Waals surface area contributed by atoms with Gasteiger partial charge in [0, 0.05) is 18.9 Å². The Morgan fingerprint density at radius 3 is 2.47 bits per heavy atom. The smallest absolute Gasteiger partial charge is 0.196 e. The van der Waals surface area contributed by atoms with Gasteiger partial charge in [-0.15, -0.1) is 0 Å². The highest BCUT2D eigenvalue weighted by atomic mass is 16.4. The average molecular weight is 234 g/mol. The lowest BCUT2D eigenvalue weighted by atomic mass is 10.1. The van der Waals surface area contributed by atoms with Gasteiger partial charge in [-0.2, -0.15) is 0 Å². The van der Waals surface area contributed by atoms with Crippen molar-refractivity contribution in [3.05, 3.63) is 41.0 Å². The van der Waals surface area contributed by atoms with Gasteiger partial charge < -0.3 is 14.6 Å². The van der Waals surface area contributed by atoms with Gasteiger partial charge in [0.1, 0.15) is 17.3 Å². The molecule has 2 aromatic heterocycles. The summed E-state index contributed by atoms with van der Waals surface area (Å²) in [6.45, 7) is 5.77. The highest BCUT2D eigenvalue weighted by molar-refractivity contribution is 5.09. The Labute approximate surface area is 101 Å². The largest absolute Gasteiger partial charge is 0.466 e. The molecule has 17 heavy (non-hydrogen) atoms. The molecule has 0 aliphatic heterocycles. The second kappa shape index (κ2) is 4.75. The molecule has 4 heteroatoms. The summed E-state index contributed by atoms with van der Waals surface area (Å²) in [5.74, 6) is 3.39. The quantitative estimate of drug-likeness (QED) is 0.881. The lowest BCUT2D eigenvalue weighted by Gasteiger charge is -2.06. The Morgan fingerprint density at radius 1 is 1.18 bits per heavy atom. The summed E-state index contributed by atoms with van der Waals surface area (Å²) in [5.41, 5.74) is 6.98. The second-order valence-electron chi connectivity index (χ2n) is 4.43. The first-order valence-corrected chi connectivity index (χ1v) is 5.78. The maximum Gasteiger partial charge on any atom is 0.196 e. The fraction of sp³-hybridized carbons (Fsp3) is 0.462. The van der Waals surface area contributed by atoms with Crippen LogP contribution in [0.4, 0.5) is 0 Å². The molecule has 0 aliphatic rings. The molecule has 0 amide bonds. The third-order valence-electron chi connectivity index (χ3n) is 2.77. The summed E-state index contributed by atoms with van der Waals surface area (Å²) in [5, 5.41) is 0. The van der Waals surface area contributed by atoms with Crippen molar-refractivity contribution >= 4 is 0 Å². The monoisotopic (exact) mass is 234 g/mol. The number of hydrogen-bond donors (Lipinski definition) is 1. The first-order chi connectivity index (χ1) is 8.04. The van der Waals surface area contributed by atoms with Crippen LogP contribution in [-0.2, 0) is 12.8 Å². The third kappa shape index (κ3) is 2.97. The molecular formula is C13H18N2O2. The van der Waals surface area contributed by atoms with Gasteiger partial charge >= 0.3 is 0 Å². The minimum absolute atomic E-state index is 0.0296. The van der Waals surface area contributed by atoms with E-state index in [-0.39, 0.29) is 6.04 Å². The van der Waals surface area contributed by atoms with Crippen LogP contribution in [0.2, 0.25) is 0 Å². The van der Waals surface area contributed by atoms with Gasteiger partial charge in [-0.05, 0) is 32.9 Å². The molecule has 0 bridgehead atoms. The maximum absolute atomic E-state index is 6.05. The van der Waals surface area contributed by atoms with Crippen LogP contribution in [0.3, 0.4) is 0 Å². The summed E-state index contributed by atoms with van der Waals surface area (Å²) in [7, 11) is 0. The van der Waals surface area contributed by atoms with E-state index in [0.29, 0.717) is 18.7 Å². The Hall–Kier alpha value is -1.55. The van der Waals surface area contributed by atoms with E-state index >= 15 is 0 Å². The van der Waals surface area contributed by atoms with Crippen molar-refractivity contribution in [2.24, 2.45) is 5.73 Å². The summed E-state index contributed by atoms with van der Waals surface area (Å²) >= 11 is 0. The van der Waals surface area contributed by atoms with Gasteiger partial charge in [0.05, 0.1) is 5.69 Å². The fourth-order valence-electron chi connectivity index (χ4n) is 1.78. The van der Waals surface area contributed by atoms with E-state index in [0.717, 1.165) is 23.0 Å². The molecule has 2 aromatic rings. The van der Waals surface area contributed by atoms with Gasteiger partial charge in [0.25, 0.3) is 0 Å². The molecule has 0 fully saturated rings. The molecular weight excluding hydrogens is 216 g/mol. The summed E-state index contributed by atoms with van der Waals surface area (Å²) in [6.07, 6.45) is 1.34. The van der Waals surface area contributed by atoms with Gasteiger partial charge in [-0.25, -0.2) is 4.98 Å². The number of hydrogen-bond acceptors (Lipinski definition) is 4. The minimum atomic E-state index is -0.0296. The number of aryl methyl sites for hydroxylation is 3. The van der Waals surface area contributed by atoms with Crippen molar-refractivity contribution in [1.29, 1.82) is 0 Å². The van der Waals surface area contributed by atoms with Crippen molar-refractivity contribution in [1.82, 2.24) is 4.98 Å². The first-order valence-electron chi connectivity index (χ1n) is 5.78. The summed E-state index contributed by atoms with van der Waals surface area (Å²) < 4.78 is 11.0. The standard InChI is InChI=1S/C13H18N2O2/c1-8-4-5-12(16-8)6-11(14)7-13-15-9(2)10(3)17-13/h4-5,11H,6-7,14H2,1-3H3. The molecule has 2 N–H and O–H groups in total. The molecule has 92 valence electrons. The normalized spacial score (nSPS) is 12.9. The van der Waals surface area contributed by atoms with E-state index in [1.165, 1.54) is 0 Å². The van der Waals surface area contributed by atoms with Crippen LogP contribution in [-0.4, -0.2) is 11.0 Å². The van der Waals surface area contributed by atoms with E-state index in [1.54, 1.807) is 0 Å². The van der Waals surface area contributed by atoms with Gasteiger partial charge in [0.15, 0.2) is 5.89 Å². The topological polar surface area (TPSA) is 65.2 Å². The minimum Gasteiger partial charge on any atom is -0.466 e. The van der Waals surface area contributed by atoms with E-state index in [9.17, 15) is 0 Å². The van der Waals surface area contributed by atoms with E-state index in [2.05, 4.69) is 4.98 Å². The number of oxazole rings is 1. The molecule has 0 aliphatic carbocycles. The molecule has 2 rings (SSSR count). The lowest BCUT2D eigenvalue weighted by molar-refractivity contribution is 0.426. The third-order valence-corrected chi connectivity index (χ3v) is 2.77. The van der Waals surface area contributed by atoms with Crippen LogP contribution in [0.25, 0.3) is 0 Å². The number of furan rings is 1. The zero-order chi connectivity index (χ0) is 12.4. The Bertz CT molecular complexity index is 480. The SMILES string of the molecule is Cc1ccc(CC(N)Cc2nc(C)c(C)o2)o1. The van der Waals surface area contributed by atoms with E-state index in [1.807, 2.05) is 32.9 Å². The van der Waals surface area contributed by atoms with Crippen molar-refractivity contribution in [2.75, 3.05) is 0 Å². The zero-order valence-electron chi connectivity index (χ0n) is 10.5. The number of nitrogens with zero attached hydrogens (tertiary/aromatic N) is 1. The van der Waals surface area contributed by atoms with Crippen LogP contribution in [0.5, 0.6) is 0 Å². The predicted octanol–water partition coefficient (Wildman–Crippen LogP) is 2.31. The van der Waals surface area contributed by atoms with Gasteiger partial charge in [0.2, 0.25) is 0 Å². The average Bonchev–Trinajstić information content (AvgIpc) is 2.75. The van der Waals surface area contributed by atoms with Crippen LogP contribution in [0.1, 0.15) is 28.9 Å². The molecule has 0 radical (unpaired) electrons. The zero-order valence-corrected chi connectivity index (χ0v) is 10.5. The predicted molar refractivity (Wildman–Crippen MR) is 64.8 cm³/mol. The molecule has 1 unspecified atom stereocenters. The molecule has 0 saturated heterocycles. The molecule has 0 spiro atoms. The van der Waals surface area contributed by atoms with Crippen LogP contribution >= 0.6 is 0 Å². The molecule has 0 saturated carbocycles. The fourth-order valence-corrected chi connectivity index (χ4v) is 1.78. The van der Waals surface area contributed by atoms with Crippen molar-refractivity contribution < 1.29 is 8.83 Å². The Morgan fingerprint density at radius 2 is 1.94 bits per heavy atom. The van der Waals surface area contributed by atoms with Gasteiger partial charge in [-0.3, -0.25) is 0 Å². The van der Waals surface area contributed by atoms with E-state index < -0.39 is 0 Å². The Kier molecular flexibility index (Phi) is 3.33. The number of aromatic nitrogens is 1. The van der Waals surface area contributed by atoms with Crippen LogP contribution in [0, 0.1) is 20.8 Å². The van der Waals surface area contributed by atoms with Crippen molar-refractivity contribution in [2.45, 2.75) is 39.7 Å². The second-order valence-corrected chi connectivity index (χ2v) is 4.43. The molecule has 0 aromatic carbocycles. The van der Waals surface area contributed by atoms with Crippen molar-refractivity contribution in [3.8, 4) is 0 Å². The molecule has 1 atom stereocenters. The lowest BCUT2D eigenvalue weighted by Crippen LogP contribution is -2.25. The maximum atomic E-state index is 6.05. The highest BCUT2D eigenvalue weighted by Crippen LogP contribution is 2.13. The molecule has 4 nitrogen and oxygen atoms in total. The summed E-state index contributed by atoms with van der Waals surface area (Å²) in [6, 6.07) is 3.88. The van der Waals surface area contributed by atoms with Crippen molar-refractivity contribution in [3.63, 3.8) is 0 Å². The number of nitrogens with two attached hydrogens (primary N) is 1. The van der Waals surface area contributed by atoms with Gasteiger partial charge in [-0.1, -0.05) is 0 Å². The first kappa shape index (κ1) is 11.9.